The van der Waals surface area contributed by atoms with Gasteiger partial charge in [0.15, 0.2) is 5.17 Å². The number of halogens is 3. The summed E-state index contributed by atoms with van der Waals surface area (Å²) in [6, 6.07) is 10.4. The van der Waals surface area contributed by atoms with E-state index in [9.17, 15) is 22.8 Å². The van der Waals surface area contributed by atoms with Crippen LogP contribution in [-0.2, 0) is 9.59 Å². The number of thioether (sulfide) groups is 1. The first-order valence-corrected chi connectivity index (χ1v) is 10.2. The van der Waals surface area contributed by atoms with Gasteiger partial charge in [0.1, 0.15) is 11.0 Å². The van der Waals surface area contributed by atoms with Crippen molar-refractivity contribution in [3.8, 4) is 5.75 Å². The Bertz CT molecular complexity index is 1020. The topological polar surface area (TPSA) is 71.0 Å². The molecule has 1 unspecified atom stereocenters. The Balaban J connectivity index is 1.69. The van der Waals surface area contributed by atoms with Gasteiger partial charge in [0.25, 0.3) is 0 Å². The van der Waals surface area contributed by atoms with Crippen molar-refractivity contribution in [1.29, 1.82) is 0 Å². The van der Waals surface area contributed by atoms with Gasteiger partial charge < -0.3 is 10.1 Å². The van der Waals surface area contributed by atoms with Crippen LogP contribution in [0.25, 0.3) is 0 Å². The number of hydrogen-bond donors (Lipinski definition) is 1. The molecule has 1 aliphatic rings. The number of carbonyl (C=O) groups excluding carboxylic acids is 2. The zero-order valence-electron chi connectivity index (χ0n) is 17.0. The number of aryl methyl sites for hydroxylation is 2. The van der Waals surface area contributed by atoms with Gasteiger partial charge in [-0.3, -0.25) is 14.6 Å². The maximum atomic E-state index is 12.8. The lowest BCUT2D eigenvalue weighted by atomic mass is 10.1. The number of ether oxygens (including phenoxy) is 1. The van der Waals surface area contributed by atoms with E-state index in [1.807, 2.05) is 32.0 Å². The van der Waals surface area contributed by atoms with Crippen LogP contribution in [0.3, 0.4) is 0 Å². The Labute approximate surface area is 181 Å². The number of rotatable bonds is 4. The molecule has 0 saturated carbocycles. The highest BCUT2D eigenvalue weighted by Gasteiger charge is 2.41. The second kappa shape index (κ2) is 9.01. The average Bonchev–Trinajstić information content (AvgIpc) is 2.97. The van der Waals surface area contributed by atoms with Crippen LogP contribution in [0, 0.1) is 13.8 Å². The molecule has 1 N–H and O–H groups in total. The number of nitrogens with zero attached hydrogens (tertiary/aromatic N) is 2. The van der Waals surface area contributed by atoms with Crippen LogP contribution in [-0.4, -0.2) is 35.6 Å². The van der Waals surface area contributed by atoms with Crippen LogP contribution < -0.4 is 15.0 Å². The Morgan fingerprint density at radius 2 is 1.81 bits per heavy atom. The van der Waals surface area contributed by atoms with Gasteiger partial charge in [-0.05, 0) is 61.4 Å². The highest BCUT2D eigenvalue weighted by molar-refractivity contribution is 8.15. The van der Waals surface area contributed by atoms with Crippen LogP contribution in [0.1, 0.15) is 17.5 Å². The minimum atomic E-state index is -4.82. The van der Waals surface area contributed by atoms with Crippen molar-refractivity contribution in [1.82, 2.24) is 0 Å². The molecule has 1 saturated heterocycles. The van der Waals surface area contributed by atoms with Gasteiger partial charge in [-0.25, -0.2) is 4.90 Å². The van der Waals surface area contributed by atoms with Gasteiger partial charge in [0, 0.05) is 19.2 Å². The van der Waals surface area contributed by atoms with Gasteiger partial charge >= 0.3 is 6.36 Å². The lowest BCUT2D eigenvalue weighted by molar-refractivity contribution is -0.274. The number of benzene rings is 2. The van der Waals surface area contributed by atoms with E-state index in [0.717, 1.165) is 45.6 Å². The molecule has 1 fully saturated rings. The Hall–Kier alpha value is -3.01. The summed E-state index contributed by atoms with van der Waals surface area (Å²) in [5.41, 5.74) is 3.24. The summed E-state index contributed by atoms with van der Waals surface area (Å²) >= 11 is 1.13. The van der Waals surface area contributed by atoms with E-state index in [4.69, 9.17) is 0 Å². The second-order valence-electron chi connectivity index (χ2n) is 6.87. The molecule has 31 heavy (non-hydrogen) atoms. The smallest absolute Gasteiger partial charge is 0.406 e. The van der Waals surface area contributed by atoms with Crippen molar-refractivity contribution in [3.05, 3.63) is 53.6 Å². The van der Waals surface area contributed by atoms with E-state index in [2.05, 4.69) is 15.0 Å². The molecule has 1 atom stereocenters. The number of anilines is 2. The fourth-order valence-corrected chi connectivity index (χ4v) is 3.96. The van der Waals surface area contributed by atoms with Crippen LogP contribution >= 0.6 is 11.8 Å². The van der Waals surface area contributed by atoms with E-state index < -0.39 is 29.2 Å². The fraction of sp³-hybridized carbons (Fsp3) is 0.286. The lowest BCUT2D eigenvalue weighted by Crippen LogP contribution is -2.31. The summed E-state index contributed by atoms with van der Waals surface area (Å²) in [5.74, 6) is -1.32. The number of alkyl halides is 3. The molecular formula is C21H20F3N3O3S. The summed E-state index contributed by atoms with van der Waals surface area (Å²) in [4.78, 5) is 30.4. The van der Waals surface area contributed by atoms with E-state index in [1.165, 1.54) is 12.1 Å². The van der Waals surface area contributed by atoms with Gasteiger partial charge in [0.05, 0.1) is 5.69 Å². The lowest BCUT2D eigenvalue weighted by Gasteiger charge is -2.16. The van der Waals surface area contributed by atoms with Crippen molar-refractivity contribution < 1.29 is 27.5 Å². The van der Waals surface area contributed by atoms with Crippen molar-refractivity contribution in [3.63, 3.8) is 0 Å². The zero-order valence-corrected chi connectivity index (χ0v) is 17.8. The maximum Gasteiger partial charge on any atom is 0.573 e. The van der Waals surface area contributed by atoms with Gasteiger partial charge in [-0.15, -0.1) is 13.2 Å². The molecule has 10 heteroatoms. The van der Waals surface area contributed by atoms with Gasteiger partial charge in [-0.1, -0.05) is 17.8 Å². The predicted molar refractivity (Wildman–Crippen MR) is 115 cm³/mol. The van der Waals surface area contributed by atoms with Crippen LogP contribution in [0.5, 0.6) is 5.75 Å². The maximum absolute atomic E-state index is 12.8. The van der Waals surface area contributed by atoms with Crippen LogP contribution in [0.4, 0.5) is 24.5 Å². The summed E-state index contributed by atoms with van der Waals surface area (Å²) in [5, 5.41) is 2.93. The monoisotopic (exact) mass is 451 g/mol. The molecule has 0 aliphatic carbocycles. The first kappa shape index (κ1) is 22.7. The minimum Gasteiger partial charge on any atom is -0.406 e. The molecule has 2 aromatic rings. The largest absolute Gasteiger partial charge is 0.573 e. The molecule has 0 aromatic heterocycles. The molecular weight excluding hydrogens is 431 g/mol. The molecule has 2 aromatic carbocycles. The number of hydrogen-bond acceptors (Lipinski definition) is 5. The number of nitrogens with one attached hydrogen (secondary N) is 1. The normalized spacial score (nSPS) is 17.3. The highest BCUT2D eigenvalue weighted by Crippen LogP contribution is 2.32. The van der Waals surface area contributed by atoms with E-state index >= 15 is 0 Å². The third-order valence-electron chi connectivity index (χ3n) is 4.65. The van der Waals surface area contributed by atoms with Crippen molar-refractivity contribution in [2.45, 2.75) is 31.9 Å². The van der Waals surface area contributed by atoms with Crippen molar-refractivity contribution in [2.75, 3.05) is 17.3 Å². The zero-order chi connectivity index (χ0) is 22.8. The van der Waals surface area contributed by atoms with Gasteiger partial charge in [-0.2, -0.15) is 0 Å². The summed E-state index contributed by atoms with van der Waals surface area (Å²) < 4.78 is 40.7. The third kappa shape index (κ3) is 5.57. The summed E-state index contributed by atoms with van der Waals surface area (Å²) in [6.45, 7) is 3.99. The number of amides is 2. The van der Waals surface area contributed by atoms with Crippen molar-refractivity contribution in [2.24, 2.45) is 4.99 Å². The molecule has 1 heterocycles. The van der Waals surface area contributed by atoms with Crippen LogP contribution in [0.15, 0.2) is 47.5 Å². The number of aliphatic imine (C=N–C) groups is 1. The van der Waals surface area contributed by atoms with Crippen LogP contribution in [0.2, 0.25) is 0 Å². The Morgan fingerprint density at radius 1 is 1.13 bits per heavy atom. The quantitative estimate of drug-likeness (QED) is 0.416. The molecule has 0 bridgehead atoms. The molecule has 6 nitrogen and oxygen atoms in total. The molecule has 164 valence electrons. The van der Waals surface area contributed by atoms with E-state index in [0.29, 0.717) is 5.17 Å². The first-order valence-electron chi connectivity index (χ1n) is 9.27. The molecule has 0 spiro atoms. The molecule has 0 radical (unpaired) electrons. The molecule has 2 amide bonds. The number of amidine groups is 1. The fourth-order valence-electron chi connectivity index (χ4n) is 2.98. The summed E-state index contributed by atoms with van der Waals surface area (Å²) in [6.07, 6.45) is -4.86. The van der Waals surface area contributed by atoms with E-state index in [1.54, 1.807) is 7.05 Å². The highest BCUT2D eigenvalue weighted by atomic mass is 32.2. The number of carbonyl (C=O) groups is 2. The van der Waals surface area contributed by atoms with Crippen molar-refractivity contribution >= 4 is 40.1 Å². The third-order valence-corrected chi connectivity index (χ3v) is 5.81. The Kier molecular flexibility index (Phi) is 6.59. The van der Waals surface area contributed by atoms with Gasteiger partial charge in [0.2, 0.25) is 11.8 Å². The second-order valence-corrected chi connectivity index (χ2v) is 8.06. The number of imide groups is 1. The SMILES string of the molecule is CN=C(Nc1ccc(C)c(C)c1)SC1CC(=O)N(c2ccc(OC(F)(F)F)cc2)C1=O. The molecule has 3 rings (SSSR count). The summed E-state index contributed by atoms with van der Waals surface area (Å²) in [7, 11) is 1.58. The minimum absolute atomic E-state index is 0.0437. The predicted octanol–water partition coefficient (Wildman–Crippen LogP) is 4.67. The average molecular weight is 451 g/mol. The Morgan fingerprint density at radius 3 is 2.39 bits per heavy atom. The standard InChI is InChI=1S/C21H20F3N3O3S/c1-12-4-5-14(10-13(12)2)26-20(25-3)31-17-11-18(28)27(19(17)29)15-6-8-16(9-7-15)30-21(22,23)24/h4-10,17H,11H2,1-3H3,(H,25,26). The molecule has 1 aliphatic heterocycles. The first-order chi connectivity index (χ1) is 14.6. The van der Waals surface area contributed by atoms with E-state index in [-0.39, 0.29) is 12.1 Å².